The zero-order chi connectivity index (χ0) is 21.6. The van der Waals surface area contributed by atoms with E-state index in [2.05, 4.69) is 46.4 Å². The van der Waals surface area contributed by atoms with Crippen molar-refractivity contribution in [2.75, 3.05) is 5.32 Å². The summed E-state index contributed by atoms with van der Waals surface area (Å²) in [5.41, 5.74) is 2.33. The Balaban J connectivity index is 1.63. The SMILES string of the molecule is Cc1cc(C)nc(-n2nc(C)cc2NC(=O)Cn2cnc3c(c(Br)nn3C)c2=O)n1. The highest BCUT2D eigenvalue weighted by molar-refractivity contribution is 9.10. The van der Waals surface area contributed by atoms with Crippen LogP contribution < -0.4 is 10.9 Å². The standard InChI is InChI=1S/C18H18BrN9O2/c1-9-5-10(2)22-18(21-9)28-12(6-11(3)24-28)23-13(29)7-27-8-20-16-14(17(27)30)15(19)25-26(16)4/h5-6,8H,7H2,1-4H3,(H,23,29). The summed E-state index contributed by atoms with van der Waals surface area (Å²) in [6.45, 7) is 5.30. The van der Waals surface area contributed by atoms with E-state index in [9.17, 15) is 9.59 Å². The molecule has 4 aromatic rings. The molecule has 0 saturated heterocycles. The van der Waals surface area contributed by atoms with Crippen LogP contribution in [0, 0.1) is 20.8 Å². The summed E-state index contributed by atoms with van der Waals surface area (Å²) in [5, 5.41) is 11.6. The Kier molecular flexibility index (Phi) is 4.94. The van der Waals surface area contributed by atoms with Gasteiger partial charge in [-0.3, -0.25) is 14.2 Å². The molecule has 1 N–H and O–H groups in total. The van der Waals surface area contributed by atoms with Crippen LogP contribution >= 0.6 is 15.9 Å². The van der Waals surface area contributed by atoms with Gasteiger partial charge in [-0.25, -0.2) is 19.6 Å². The predicted molar refractivity (Wildman–Crippen MR) is 112 cm³/mol. The summed E-state index contributed by atoms with van der Waals surface area (Å²) >= 11 is 3.26. The molecule has 0 aliphatic rings. The van der Waals surface area contributed by atoms with Gasteiger partial charge in [-0.15, -0.1) is 0 Å². The molecule has 0 saturated carbocycles. The Labute approximate surface area is 178 Å². The maximum Gasteiger partial charge on any atom is 0.266 e. The number of nitrogens with one attached hydrogen (secondary N) is 1. The highest BCUT2D eigenvalue weighted by atomic mass is 79.9. The van der Waals surface area contributed by atoms with Gasteiger partial charge in [-0.2, -0.15) is 14.9 Å². The van der Waals surface area contributed by atoms with E-state index in [-0.39, 0.29) is 12.1 Å². The monoisotopic (exact) mass is 471 g/mol. The van der Waals surface area contributed by atoms with E-state index in [1.165, 1.54) is 20.3 Å². The first kappa shape index (κ1) is 19.9. The number of nitrogens with zero attached hydrogens (tertiary/aromatic N) is 8. The lowest BCUT2D eigenvalue weighted by Crippen LogP contribution is -2.28. The molecule has 0 aromatic carbocycles. The van der Waals surface area contributed by atoms with Crippen LogP contribution in [-0.4, -0.2) is 45.0 Å². The third-order valence-corrected chi connectivity index (χ3v) is 4.90. The molecular formula is C18H18BrN9O2. The van der Waals surface area contributed by atoms with Crippen molar-refractivity contribution in [1.29, 1.82) is 0 Å². The molecule has 4 heterocycles. The van der Waals surface area contributed by atoms with Crippen LogP contribution in [0.1, 0.15) is 17.1 Å². The van der Waals surface area contributed by atoms with Crippen molar-refractivity contribution in [2.45, 2.75) is 27.3 Å². The molecule has 154 valence electrons. The topological polar surface area (TPSA) is 125 Å². The van der Waals surface area contributed by atoms with Crippen LogP contribution in [0.15, 0.2) is 27.9 Å². The number of carbonyl (C=O) groups excluding carboxylic acids is 1. The summed E-state index contributed by atoms with van der Waals surface area (Å²) in [7, 11) is 1.69. The van der Waals surface area contributed by atoms with Crippen molar-refractivity contribution < 1.29 is 4.79 Å². The zero-order valence-electron chi connectivity index (χ0n) is 16.7. The molecular weight excluding hydrogens is 454 g/mol. The molecule has 0 radical (unpaired) electrons. The lowest BCUT2D eigenvalue weighted by Gasteiger charge is -2.10. The summed E-state index contributed by atoms with van der Waals surface area (Å²) in [5.74, 6) is 0.353. The molecule has 0 atom stereocenters. The number of carbonyl (C=O) groups is 1. The number of hydrogen-bond donors (Lipinski definition) is 1. The fourth-order valence-corrected chi connectivity index (χ4v) is 3.71. The molecule has 1 amide bonds. The molecule has 30 heavy (non-hydrogen) atoms. The predicted octanol–water partition coefficient (Wildman–Crippen LogP) is 1.43. The van der Waals surface area contributed by atoms with Gasteiger partial charge < -0.3 is 5.32 Å². The van der Waals surface area contributed by atoms with Crippen molar-refractivity contribution in [3.8, 4) is 5.95 Å². The Bertz CT molecular complexity index is 1330. The largest absolute Gasteiger partial charge is 0.309 e. The smallest absolute Gasteiger partial charge is 0.266 e. The van der Waals surface area contributed by atoms with Crippen LogP contribution in [-0.2, 0) is 18.4 Å². The first-order valence-corrected chi connectivity index (χ1v) is 9.79. The van der Waals surface area contributed by atoms with Crippen molar-refractivity contribution in [2.24, 2.45) is 7.05 Å². The van der Waals surface area contributed by atoms with Crippen LogP contribution in [0.5, 0.6) is 0 Å². The maximum atomic E-state index is 12.7. The number of hydrogen-bond acceptors (Lipinski definition) is 7. The Morgan fingerprint density at radius 3 is 2.50 bits per heavy atom. The maximum absolute atomic E-state index is 12.7. The number of halogens is 1. The second-order valence-electron chi connectivity index (χ2n) is 6.87. The lowest BCUT2D eigenvalue weighted by atomic mass is 10.4. The van der Waals surface area contributed by atoms with Crippen molar-refractivity contribution in [3.05, 3.63) is 50.5 Å². The van der Waals surface area contributed by atoms with Gasteiger partial charge in [0.15, 0.2) is 5.65 Å². The first-order chi connectivity index (χ1) is 14.2. The van der Waals surface area contributed by atoms with Crippen LogP contribution in [0.4, 0.5) is 5.82 Å². The number of aromatic nitrogens is 8. The average molecular weight is 472 g/mol. The van der Waals surface area contributed by atoms with Gasteiger partial charge in [-0.05, 0) is 42.8 Å². The molecule has 0 bridgehead atoms. The van der Waals surface area contributed by atoms with E-state index in [0.717, 1.165) is 11.4 Å². The van der Waals surface area contributed by atoms with Gasteiger partial charge in [0.05, 0.1) is 5.69 Å². The summed E-state index contributed by atoms with van der Waals surface area (Å²) < 4.78 is 4.57. The number of anilines is 1. The molecule has 0 unspecified atom stereocenters. The second kappa shape index (κ2) is 7.44. The molecule has 11 nitrogen and oxygen atoms in total. The van der Waals surface area contributed by atoms with Gasteiger partial charge in [0.1, 0.15) is 28.7 Å². The molecule has 0 spiro atoms. The van der Waals surface area contributed by atoms with E-state index in [4.69, 9.17) is 0 Å². The first-order valence-electron chi connectivity index (χ1n) is 8.99. The van der Waals surface area contributed by atoms with Gasteiger partial charge in [0.2, 0.25) is 5.91 Å². The third-order valence-electron chi connectivity index (χ3n) is 4.34. The van der Waals surface area contributed by atoms with Gasteiger partial charge in [0.25, 0.3) is 11.5 Å². The van der Waals surface area contributed by atoms with Crippen LogP contribution in [0.25, 0.3) is 17.0 Å². The number of fused-ring (bicyclic) bond motifs is 1. The minimum Gasteiger partial charge on any atom is -0.309 e. The average Bonchev–Trinajstić information content (AvgIpc) is 3.15. The Hall–Kier alpha value is -3.41. The highest BCUT2D eigenvalue weighted by Gasteiger charge is 2.17. The Morgan fingerprint density at radius 1 is 1.10 bits per heavy atom. The molecule has 4 aromatic heterocycles. The van der Waals surface area contributed by atoms with E-state index in [0.29, 0.717) is 33.1 Å². The zero-order valence-corrected chi connectivity index (χ0v) is 18.3. The van der Waals surface area contributed by atoms with E-state index >= 15 is 0 Å². The lowest BCUT2D eigenvalue weighted by molar-refractivity contribution is -0.116. The minimum atomic E-state index is -0.413. The summed E-state index contributed by atoms with van der Waals surface area (Å²) in [4.78, 5) is 38.4. The van der Waals surface area contributed by atoms with Crippen LogP contribution in [0.3, 0.4) is 0 Å². The van der Waals surface area contributed by atoms with Crippen molar-refractivity contribution >= 4 is 38.7 Å². The molecule has 0 aliphatic heterocycles. The highest BCUT2D eigenvalue weighted by Crippen LogP contribution is 2.17. The third kappa shape index (κ3) is 3.61. The van der Waals surface area contributed by atoms with E-state index in [1.807, 2.05) is 19.9 Å². The van der Waals surface area contributed by atoms with Crippen LogP contribution in [0.2, 0.25) is 0 Å². The van der Waals surface area contributed by atoms with Crippen molar-refractivity contribution in [3.63, 3.8) is 0 Å². The fraction of sp³-hybridized carbons (Fsp3) is 0.278. The number of amides is 1. The second-order valence-corrected chi connectivity index (χ2v) is 7.62. The molecule has 0 fully saturated rings. The number of aryl methyl sites for hydroxylation is 4. The van der Waals surface area contributed by atoms with Gasteiger partial charge in [-0.1, -0.05) is 0 Å². The Morgan fingerprint density at radius 2 is 1.80 bits per heavy atom. The molecule has 0 aliphatic carbocycles. The fourth-order valence-electron chi connectivity index (χ4n) is 3.13. The normalized spacial score (nSPS) is 11.2. The van der Waals surface area contributed by atoms with E-state index in [1.54, 1.807) is 20.0 Å². The molecule has 4 rings (SSSR count). The number of rotatable bonds is 4. The minimum absolute atomic E-state index is 0.221. The van der Waals surface area contributed by atoms with E-state index < -0.39 is 5.91 Å². The quantitative estimate of drug-likeness (QED) is 0.476. The van der Waals surface area contributed by atoms with Gasteiger partial charge >= 0.3 is 0 Å². The molecule has 12 heteroatoms. The summed E-state index contributed by atoms with van der Waals surface area (Å²) in [6.07, 6.45) is 1.33. The van der Waals surface area contributed by atoms with Gasteiger partial charge in [0, 0.05) is 24.5 Å². The van der Waals surface area contributed by atoms with Crippen molar-refractivity contribution in [1.82, 2.24) is 39.1 Å². The summed E-state index contributed by atoms with van der Waals surface area (Å²) in [6, 6.07) is 3.56.